The SMILES string of the molecule is CCn1nc(CO)c2c1CCN(C(=O)NC1CC(=O)N(c3cccc(C)c3)C1)C2. The molecule has 0 aliphatic carbocycles. The van der Waals surface area contributed by atoms with Crippen LogP contribution in [0.4, 0.5) is 10.5 Å². The minimum absolute atomic E-state index is 0.0219. The minimum atomic E-state index is -0.215. The van der Waals surface area contributed by atoms with E-state index in [1.807, 2.05) is 42.8 Å². The molecular weight excluding hydrogens is 370 g/mol. The summed E-state index contributed by atoms with van der Waals surface area (Å²) in [6.45, 7) is 6.13. The molecule has 1 atom stereocenters. The zero-order valence-electron chi connectivity index (χ0n) is 16.9. The van der Waals surface area contributed by atoms with Crippen molar-refractivity contribution in [2.24, 2.45) is 0 Å². The molecule has 2 N–H and O–H groups in total. The number of aliphatic hydroxyl groups excluding tert-OH is 1. The van der Waals surface area contributed by atoms with Crippen molar-refractivity contribution in [1.82, 2.24) is 20.0 Å². The second-order valence-electron chi connectivity index (χ2n) is 7.71. The van der Waals surface area contributed by atoms with E-state index in [4.69, 9.17) is 0 Å². The van der Waals surface area contributed by atoms with Gasteiger partial charge < -0.3 is 20.2 Å². The van der Waals surface area contributed by atoms with Crippen LogP contribution in [0.3, 0.4) is 0 Å². The van der Waals surface area contributed by atoms with Crippen LogP contribution >= 0.6 is 0 Å². The second-order valence-corrected chi connectivity index (χ2v) is 7.71. The summed E-state index contributed by atoms with van der Waals surface area (Å²) >= 11 is 0. The average molecular weight is 397 g/mol. The molecule has 2 aliphatic rings. The third kappa shape index (κ3) is 3.72. The van der Waals surface area contributed by atoms with E-state index in [1.165, 1.54) is 0 Å². The summed E-state index contributed by atoms with van der Waals surface area (Å²) in [5.41, 5.74) is 4.65. The van der Waals surface area contributed by atoms with Crippen molar-refractivity contribution in [3.63, 3.8) is 0 Å². The van der Waals surface area contributed by atoms with E-state index in [-0.39, 0.29) is 24.6 Å². The van der Waals surface area contributed by atoms with Crippen LogP contribution in [0.5, 0.6) is 0 Å². The molecule has 8 nitrogen and oxygen atoms in total. The summed E-state index contributed by atoms with van der Waals surface area (Å²) < 4.78 is 1.91. The van der Waals surface area contributed by atoms with Crippen LogP contribution in [0.2, 0.25) is 0 Å². The van der Waals surface area contributed by atoms with Crippen molar-refractivity contribution in [3.05, 3.63) is 46.8 Å². The maximum absolute atomic E-state index is 12.8. The van der Waals surface area contributed by atoms with Crippen molar-refractivity contribution in [2.45, 2.75) is 52.4 Å². The molecule has 1 saturated heterocycles. The van der Waals surface area contributed by atoms with Crippen LogP contribution in [0.25, 0.3) is 0 Å². The summed E-state index contributed by atoms with van der Waals surface area (Å²) in [6.07, 6.45) is 1.01. The summed E-state index contributed by atoms with van der Waals surface area (Å²) in [5.74, 6) is 0.0219. The van der Waals surface area contributed by atoms with Gasteiger partial charge in [-0.1, -0.05) is 12.1 Å². The fourth-order valence-electron chi connectivity index (χ4n) is 4.24. The Hall–Kier alpha value is -2.87. The van der Waals surface area contributed by atoms with Crippen molar-refractivity contribution in [1.29, 1.82) is 0 Å². The molecule has 29 heavy (non-hydrogen) atoms. The van der Waals surface area contributed by atoms with Crippen molar-refractivity contribution in [3.8, 4) is 0 Å². The fourth-order valence-corrected chi connectivity index (χ4v) is 4.24. The number of nitrogens with one attached hydrogen (secondary N) is 1. The Kier molecular flexibility index (Phi) is 5.27. The third-order valence-electron chi connectivity index (χ3n) is 5.72. The number of aromatic nitrogens is 2. The molecule has 1 aromatic carbocycles. The number of aliphatic hydroxyl groups is 1. The van der Waals surface area contributed by atoms with Gasteiger partial charge in [-0.3, -0.25) is 9.48 Å². The minimum Gasteiger partial charge on any atom is -0.390 e. The number of hydrogen-bond acceptors (Lipinski definition) is 4. The number of benzene rings is 1. The molecule has 8 heteroatoms. The first-order valence-electron chi connectivity index (χ1n) is 10.1. The van der Waals surface area contributed by atoms with Gasteiger partial charge in [0.15, 0.2) is 0 Å². The van der Waals surface area contributed by atoms with E-state index in [0.717, 1.165) is 29.1 Å². The molecule has 0 radical (unpaired) electrons. The molecule has 1 unspecified atom stereocenters. The molecule has 154 valence electrons. The Balaban J connectivity index is 1.42. The van der Waals surface area contributed by atoms with E-state index >= 15 is 0 Å². The topological polar surface area (TPSA) is 90.7 Å². The van der Waals surface area contributed by atoms with Gasteiger partial charge in [-0.05, 0) is 31.5 Å². The van der Waals surface area contributed by atoms with Crippen LogP contribution in [0, 0.1) is 6.92 Å². The predicted molar refractivity (Wildman–Crippen MR) is 108 cm³/mol. The molecule has 1 aromatic heterocycles. The first-order chi connectivity index (χ1) is 14.0. The van der Waals surface area contributed by atoms with Crippen LogP contribution in [0.15, 0.2) is 24.3 Å². The normalized spacial score (nSPS) is 18.9. The van der Waals surface area contributed by atoms with Gasteiger partial charge in [0.25, 0.3) is 0 Å². The second kappa shape index (κ2) is 7.87. The molecule has 1 fully saturated rings. The number of anilines is 1. The lowest BCUT2D eigenvalue weighted by Gasteiger charge is -2.29. The van der Waals surface area contributed by atoms with Gasteiger partial charge in [0, 0.05) is 49.4 Å². The maximum Gasteiger partial charge on any atom is 0.318 e. The zero-order valence-corrected chi connectivity index (χ0v) is 16.9. The molecule has 0 bridgehead atoms. The number of fused-ring (bicyclic) bond motifs is 1. The van der Waals surface area contributed by atoms with Crippen LogP contribution < -0.4 is 10.2 Å². The number of rotatable bonds is 4. The van der Waals surface area contributed by atoms with E-state index in [0.29, 0.717) is 38.2 Å². The molecule has 3 amide bonds. The molecule has 0 saturated carbocycles. The number of hydrogen-bond donors (Lipinski definition) is 2. The summed E-state index contributed by atoms with van der Waals surface area (Å²) in [5, 5.41) is 17.1. The first kappa shape index (κ1) is 19.4. The third-order valence-corrected chi connectivity index (χ3v) is 5.72. The van der Waals surface area contributed by atoms with E-state index in [1.54, 1.807) is 9.80 Å². The summed E-state index contributed by atoms with van der Waals surface area (Å²) in [6, 6.07) is 7.44. The highest BCUT2D eigenvalue weighted by Crippen LogP contribution is 2.25. The zero-order chi connectivity index (χ0) is 20.5. The molecular formula is C21H27N5O3. The summed E-state index contributed by atoms with van der Waals surface area (Å²) in [7, 11) is 0. The van der Waals surface area contributed by atoms with Crippen LogP contribution in [-0.2, 0) is 30.9 Å². The monoisotopic (exact) mass is 397 g/mol. The highest BCUT2D eigenvalue weighted by molar-refractivity contribution is 5.96. The number of nitrogens with zero attached hydrogens (tertiary/aromatic N) is 4. The van der Waals surface area contributed by atoms with Gasteiger partial charge in [-0.15, -0.1) is 0 Å². The van der Waals surface area contributed by atoms with E-state index < -0.39 is 0 Å². The number of urea groups is 1. The van der Waals surface area contributed by atoms with Crippen molar-refractivity contribution < 1.29 is 14.7 Å². The highest BCUT2D eigenvalue weighted by atomic mass is 16.3. The van der Waals surface area contributed by atoms with Gasteiger partial charge in [0.2, 0.25) is 5.91 Å². The van der Waals surface area contributed by atoms with Gasteiger partial charge >= 0.3 is 6.03 Å². The Morgan fingerprint density at radius 2 is 2.21 bits per heavy atom. The van der Waals surface area contributed by atoms with Crippen LogP contribution in [0.1, 0.15) is 35.9 Å². The predicted octanol–water partition coefficient (Wildman–Crippen LogP) is 1.58. The van der Waals surface area contributed by atoms with Crippen molar-refractivity contribution in [2.75, 3.05) is 18.0 Å². The molecule has 4 rings (SSSR count). The molecule has 2 aromatic rings. The number of carbonyl (C=O) groups excluding carboxylic acids is 2. The largest absolute Gasteiger partial charge is 0.390 e. The fraction of sp³-hybridized carbons (Fsp3) is 0.476. The Bertz CT molecular complexity index is 938. The quantitative estimate of drug-likeness (QED) is 0.820. The Labute approximate surface area is 170 Å². The lowest BCUT2D eigenvalue weighted by molar-refractivity contribution is -0.117. The van der Waals surface area contributed by atoms with Gasteiger partial charge in [-0.25, -0.2) is 4.79 Å². The maximum atomic E-state index is 12.8. The summed E-state index contributed by atoms with van der Waals surface area (Å²) in [4.78, 5) is 28.8. The lowest BCUT2D eigenvalue weighted by Crippen LogP contribution is -2.47. The Morgan fingerprint density at radius 3 is 2.93 bits per heavy atom. The molecule has 0 spiro atoms. The van der Waals surface area contributed by atoms with E-state index in [9.17, 15) is 14.7 Å². The Morgan fingerprint density at radius 1 is 1.38 bits per heavy atom. The molecule has 2 aliphatic heterocycles. The number of aryl methyl sites for hydroxylation is 2. The number of amides is 3. The first-order valence-corrected chi connectivity index (χ1v) is 10.1. The van der Waals surface area contributed by atoms with Crippen LogP contribution in [-0.4, -0.2) is 50.9 Å². The smallest absolute Gasteiger partial charge is 0.318 e. The van der Waals surface area contributed by atoms with Gasteiger partial charge in [0.05, 0.1) is 24.9 Å². The lowest BCUT2D eigenvalue weighted by atomic mass is 10.1. The van der Waals surface area contributed by atoms with Gasteiger partial charge in [0.1, 0.15) is 0 Å². The van der Waals surface area contributed by atoms with Gasteiger partial charge in [-0.2, -0.15) is 5.10 Å². The van der Waals surface area contributed by atoms with Crippen molar-refractivity contribution >= 4 is 17.6 Å². The standard InChI is InChI=1S/C21H27N5O3/c1-3-26-19-7-8-24(12-17(19)18(13-27)23-26)21(29)22-15-10-20(28)25(11-15)16-6-4-5-14(2)9-16/h4-6,9,15,27H,3,7-8,10-13H2,1-2H3,(H,22,29). The highest BCUT2D eigenvalue weighted by Gasteiger charge is 2.34. The number of carbonyl (C=O) groups is 2. The average Bonchev–Trinajstić information content (AvgIpc) is 3.27. The van der Waals surface area contributed by atoms with E-state index in [2.05, 4.69) is 10.4 Å². The molecule has 3 heterocycles.